The number of aryl methyl sites for hydroxylation is 1. The van der Waals surface area contributed by atoms with Crippen molar-refractivity contribution in [2.75, 3.05) is 30.3 Å². The van der Waals surface area contributed by atoms with Crippen LogP contribution >= 0.6 is 0 Å². The average Bonchev–Trinajstić information content (AvgIpc) is 3.06. The van der Waals surface area contributed by atoms with Crippen molar-refractivity contribution in [3.8, 4) is 0 Å². The van der Waals surface area contributed by atoms with Gasteiger partial charge in [0.05, 0.1) is 0 Å². The second kappa shape index (κ2) is 9.69. The van der Waals surface area contributed by atoms with Gasteiger partial charge < -0.3 is 15.5 Å². The van der Waals surface area contributed by atoms with Crippen LogP contribution in [0.2, 0.25) is 0 Å². The third-order valence-electron chi connectivity index (χ3n) is 5.27. The van der Waals surface area contributed by atoms with Crippen LogP contribution in [-0.4, -0.2) is 30.6 Å². The Kier molecular flexibility index (Phi) is 7.04. The first-order chi connectivity index (χ1) is 13.6. The molecule has 0 spiro atoms. The molecule has 1 aliphatic carbocycles. The summed E-state index contributed by atoms with van der Waals surface area (Å²) in [5.74, 6) is 0.200. The van der Waals surface area contributed by atoms with E-state index in [1.54, 1.807) is 12.1 Å². The van der Waals surface area contributed by atoms with Gasteiger partial charge in [-0.05, 0) is 92.2 Å². The van der Waals surface area contributed by atoms with E-state index in [9.17, 15) is 9.18 Å². The first-order valence-electron chi connectivity index (χ1n) is 10.3. The maximum Gasteiger partial charge on any atom is 0.323 e. The molecular weight excluding hydrogens is 353 g/mol. The molecule has 5 heteroatoms. The quantitative estimate of drug-likeness (QED) is 0.621. The number of amides is 2. The summed E-state index contributed by atoms with van der Waals surface area (Å²) in [7, 11) is 0. The molecule has 2 amide bonds. The molecule has 150 valence electrons. The number of carbonyl (C=O) groups excluding carboxylic acids is 1. The fraction of sp³-hybridized carbons (Fsp3) is 0.435. The molecule has 1 atom stereocenters. The molecule has 0 aliphatic heterocycles. The van der Waals surface area contributed by atoms with Gasteiger partial charge in [-0.3, -0.25) is 0 Å². The average molecular weight is 384 g/mol. The Morgan fingerprint density at radius 1 is 1.04 bits per heavy atom. The van der Waals surface area contributed by atoms with Crippen molar-refractivity contribution < 1.29 is 9.18 Å². The molecule has 2 aromatic rings. The lowest BCUT2D eigenvalue weighted by molar-refractivity contribution is 0.256. The van der Waals surface area contributed by atoms with E-state index in [4.69, 9.17) is 0 Å². The van der Waals surface area contributed by atoms with E-state index in [0.717, 1.165) is 31.7 Å². The number of benzene rings is 2. The van der Waals surface area contributed by atoms with Gasteiger partial charge in [-0.15, -0.1) is 0 Å². The molecule has 1 unspecified atom stereocenters. The zero-order valence-corrected chi connectivity index (χ0v) is 16.8. The molecule has 2 N–H and O–H groups in total. The van der Waals surface area contributed by atoms with Crippen molar-refractivity contribution in [1.82, 2.24) is 4.90 Å². The van der Waals surface area contributed by atoms with E-state index in [-0.39, 0.29) is 11.8 Å². The maximum atomic E-state index is 13.0. The van der Waals surface area contributed by atoms with Gasteiger partial charge in [0.15, 0.2) is 0 Å². The molecule has 0 saturated heterocycles. The van der Waals surface area contributed by atoms with Crippen LogP contribution in [0, 0.1) is 5.82 Å². The van der Waals surface area contributed by atoms with Gasteiger partial charge in [-0.2, -0.15) is 0 Å². The van der Waals surface area contributed by atoms with Crippen LogP contribution in [0.25, 0.3) is 0 Å². The lowest BCUT2D eigenvalue weighted by Crippen LogP contribution is -2.29. The van der Waals surface area contributed by atoms with Crippen LogP contribution in [0.4, 0.5) is 20.6 Å². The summed E-state index contributed by atoms with van der Waals surface area (Å²) in [4.78, 5) is 14.8. The second-order valence-corrected chi connectivity index (χ2v) is 7.54. The zero-order valence-electron chi connectivity index (χ0n) is 16.8. The number of fused-ring (bicyclic) bond motifs is 1. The summed E-state index contributed by atoms with van der Waals surface area (Å²) in [6.07, 6.45) is 4.62. The number of nitrogens with one attached hydrogen (secondary N) is 2. The number of hydrogen-bond acceptors (Lipinski definition) is 2. The third-order valence-corrected chi connectivity index (χ3v) is 5.27. The van der Waals surface area contributed by atoms with Gasteiger partial charge in [0, 0.05) is 17.9 Å². The normalized spacial score (nSPS) is 15.5. The largest absolute Gasteiger partial charge is 0.323 e. The highest BCUT2D eigenvalue weighted by molar-refractivity contribution is 5.99. The second-order valence-electron chi connectivity index (χ2n) is 7.54. The summed E-state index contributed by atoms with van der Waals surface area (Å²) in [6.45, 7) is 7.81. The Labute approximate surface area is 167 Å². The molecular formula is C23H30FN3O. The number of hydrogen-bond donors (Lipinski definition) is 2. The van der Waals surface area contributed by atoms with Crippen molar-refractivity contribution in [2.24, 2.45) is 0 Å². The molecule has 4 nitrogen and oxygen atoms in total. The van der Waals surface area contributed by atoms with E-state index in [2.05, 4.69) is 41.5 Å². The SMILES string of the molecule is CCCN(CCC)CC1CCc2ccc(NC(=O)Nc3ccc(F)cc3)cc21. The first kappa shape index (κ1) is 20.3. The van der Waals surface area contributed by atoms with E-state index < -0.39 is 0 Å². The highest BCUT2D eigenvalue weighted by Gasteiger charge is 2.24. The predicted octanol–water partition coefficient (Wildman–Crippen LogP) is 5.62. The number of nitrogens with zero attached hydrogens (tertiary/aromatic N) is 1. The molecule has 0 heterocycles. The lowest BCUT2D eigenvalue weighted by atomic mass is 9.99. The van der Waals surface area contributed by atoms with Gasteiger partial charge in [0.2, 0.25) is 0 Å². The van der Waals surface area contributed by atoms with E-state index >= 15 is 0 Å². The minimum absolute atomic E-state index is 0.320. The molecule has 0 radical (unpaired) electrons. The fourth-order valence-corrected chi connectivity index (χ4v) is 4.02. The maximum absolute atomic E-state index is 13.0. The Bertz CT molecular complexity index is 785. The molecule has 0 bridgehead atoms. The number of carbonyl (C=O) groups is 1. The van der Waals surface area contributed by atoms with Gasteiger partial charge in [-0.25, -0.2) is 9.18 Å². The first-order valence-corrected chi connectivity index (χ1v) is 10.3. The van der Waals surface area contributed by atoms with Gasteiger partial charge in [0.25, 0.3) is 0 Å². The number of halogens is 1. The summed E-state index contributed by atoms with van der Waals surface area (Å²) in [5, 5.41) is 5.64. The topological polar surface area (TPSA) is 44.4 Å². The molecule has 0 aromatic heterocycles. The van der Waals surface area contributed by atoms with Crippen LogP contribution < -0.4 is 10.6 Å². The minimum atomic E-state index is -0.323. The summed E-state index contributed by atoms with van der Waals surface area (Å²) >= 11 is 0. The van der Waals surface area contributed by atoms with Gasteiger partial charge >= 0.3 is 6.03 Å². The van der Waals surface area contributed by atoms with Crippen LogP contribution in [0.15, 0.2) is 42.5 Å². The van der Waals surface area contributed by atoms with Crippen molar-refractivity contribution >= 4 is 17.4 Å². The number of rotatable bonds is 8. The highest BCUT2D eigenvalue weighted by Crippen LogP contribution is 2.35. The standard InChI is InChI=1S/C23H30FN3O/c1-3-13-27(14-4-2)16-18-6-5-17-7-10-21(15-22(17)18)26-23(28)25-20-11-8-19(24)9-12-20/h7-12,15,18H,3-6,13-14,16H2,1-2H3,(H2,25,26,28). The van der Waals surface area contributed by atoms with Crippen LogP contribution in [0.3, 0.4) is 0 Å². The van der Waals surface area contributed by atoms with Gasteiger partial charge in [-0.1, -0.05) is 19.9 Å². The Hall–Kier alpha value is -2.40. The molecule has 0 saturated carbocycles. The summed E-state index contributed by atoms with van der Waals surface area (Å²) in [5.41, 5.74) is 4.11. The van der Waals surface area contributed by atoms with Crippen LogP contribution in [0.1, 0.15) is 50.2 Å². The van der Waals surface area contributed by atoms with E-state index in [0.29, 0.717) is 11.6 Å². The third kappa shape index (κ3) is 5.32. The Morgan fingerprint density at radius 2 is 1.68 bits per heavy atom. The highest BCUT2D eigenvalue weighted by atomic mass is 19.1. The smallest absolute Gasteiger partial charge is 0.308 e. The minimum Gasteiger partial charge on any atom is -0.308 e. The fourth-order valence-electron chi connectivity index (χ4n) is 4.02. The Morgan fingerprint density at radius 3 is 2.36 bits per heavy atom. The molecule has 1 aliphatic rings. The molecule has 28 heavy (non-hydrogen) atoms. The van der Waals surface area contributed by atoms with E-state index in [1.807, 2.05) is 6.07 Å². The monoisotopic (exact) mass is 383 g/mol. The zero-order chi connectivity index (χ0) is 19.9. The molecule has 0 fully saturated rings. The molecule has 3 rings (SSSR count). The van der Waals surface area contributed by atoms with E-state index in [1.165, 1.54) is 42.5 Å². The lowest BCUT2D eigenvalue weighted by Gasteiger charge is -2.25. The van der Waals surface area contributed by atoms with Crippen molar-refractivity contribution in [3.05, 3.63) is 59.4 Å². The van der Waals surface area contributed by atoms with Gasteiger partial charge in [0.1, 0.15) is 5.82 Å². The number of anilines is 2. The van der Waals surface area contributed by atoms with Crippen molar-refractivity contribution in [1.29, 1.82) is 0 Å². The predicted molar refractivity (Wildman–Crippen MR) is 114 cm³/mol. The number of urea groups is 1. The van der Waals surface area contributed by atoms with Crippen molar-refractivity contribution in [2.45, 2.75) is 45.4 Å². The Balaban J connectivity index is 1.65. The van der Waals surface area contributed by atoms with Crippen molar-refractivity contribution in [3.63, 3.8) is 0 Å². The van der Waals surface area contributed by atoms with Crippen LogP contribution in [0.5, 0.6) is 0 Å². The summed E-state index contributed by atoms with van der Waals surface area (Å²) < 4.78 is 13.0. The molecule has 2 aromatic carbocycles. The van der Waals surface area contributed by atoms with Crippen LogP contribution in [-0.2, 0) is 6.42 Å². The summed E-state index contributed by atoms with van der Waals surface area (Å²) in [6, 6.07) is 11.6.